The minimum atomic E-state index is -2.90. The van der Waals surface area contributed by atoms with E-state index in [4.69, 9.17) is 0 Å². The molecule has 3 aliphatic rings. The lowest BCUT2D eigenvalue weighted by Crippen LogP contribution is -2.64. The SMILES string of the molecule is CS(=O)(=O)CCCC(O)C1CN2CCN1CC2. The molecular weight excluding hydrogens is 240 g/mol. The molecule has 0 aromatic carbocycles. The number of aliphatic hydroxyl groups excluding tert-OH is 1. The molecule has 0 aromatic rings. The Kier molecular flexibility index (Phi) is 4.07. The first-order valence-electron chi connectivity index (χ1n) is 6.28. The Hall–Kier alpha value is -0.170. The predicted molar refractivity (Wildman–Crippen MR) is 66.8 cm³/mol. The van der Waals surface area contributed by atoms with Crippen molar-refractivity contribution >= 4 is 9.84 Å². The van der Waals surface area contributed by atoms with Gasteiger partial charge in [-0.25, -0.2) is 8.42 Å². The average molecular weight is 262 g/mol. The van der Waals surface area contributed by atoms with E-state index in [9.17, 15) is 13.5 Å². The fraction of sp³-hybridized carbons (Fsp3) is 1.00. The van der Waals surface area contributed by atoms with Crippen molar-refractivity contribution in [2.24, 2.45) is 0 Å². The lowest BCUT2D eigenvalue weighted by atomic mass is 9.99. The highest BCUT2D eigenvalue weighted by molar-refractivity contribution is 7.90. The monoisotopic (exact) mass is 262 g/mol. The Morgan fingerprint density at radius 2 is 1.94 bits per heavy atom. The van der Waals surface area contributed by atoms with Crippen molar-refractivity contribution in [2.75, 3.05) is 44.7 Å². The van der Waals surface area contributed by atoms with Gasteiger partial charge in [0.25, 0.3) is 0 Å². The molecule has 3 aliphatic heterocycles. The van der Waals surface area contributed by atoms with Crippen molar-refractivity contribution in [1.29, 1.82) is 0 Å². The lowest BCUT2D eigenvalue weighted by Gasteiger charge is -2.49. The number of hydrogen-bond donors (Lipinski definition) is 1. The summed E-state index contributed by atoms with van der Waals surface area (Å²) < 4.78 is 22.0. The van der Waals surface area contributed by atoms with Crippen molar-refractivity contribution in [3.8, 4) is 0 Å². The number of rotatable bonds is 5. The number of aliphatic hydroxyl groups is 1. The van der Waals surface area contributed by atoms with Gasteiger partial charge in [-0.2, -0.15) is 0 Å². The van der Waals surface area contributed by atoms with Crippen molar-refractivity contribution in [3.05, 3.63) is 0 Å². The summed E-state index contributed by atoms with van der Waals surface area (Å²) in [7, 11) is -2.90. The molecule has 3 saturated heterocycles. The van der Waals surface area contributed by atoms with Crippen LogP contribution < -0.4 is 0 Å². The Labute approximate surface area is 103 Å². The maximum atomic E-state index is 11.0. The van der Waals surface area contributed by atoms with Gasteiger partial charge >= 0.3 is 0 Å². The summed E-state index contributed by atoms with van der Waals surface area (Å²) in [5.74, 6) is 0.181. The van der Waals surface area contributed by atoms with Gasteiger partial charge in [-0.1, -0.05) is 0 Å². The quantitative estimate of drug-likeness (QED) is 0.701. The molecular formula is C11H22N2O3S. The number of hydrogen-bond acceptors (Lipinski definition) is 5. The zero-order valence-corrected chi connectivity index (χ0v) is 11.2. The van der Waals surface area contributed by atoms with Crippen molar-refractivity contribution in [2.45, 2.75) is 25.0 Å². The van der Waals surface area contributed by atoms with E-state index >= 15 is 0 Å². The summed E-state index contributed by atoms with van der Waals surface area (Å²) >= 11 is 0. The Balaban J connectivity index is 1.78. The van der Waals surface area contributed by atoms with Gasteiger partial charge in [0.1, 0.15) is 9.84 Å². The first-order valence-corrected chi connectivity index (χ1v) is 8.34. The zero-order chi connectivity index (χ0) is 12.5. The van der Waals surface area contributed by atoms with Gasteiger partial charge in [-0.05, 0) is 12.8 Å². The third-order valence-corrected chi connectivity index (χ3v) is 4.81. The van der Waals surface area contributed by atoms with Crippen LogP contribution >= 0.6 is 0 Å². The number of nitrogens with zero attached hydrogens (tertiary/aromatic N) is 2. The van der Waals surface area contributed by atoms with Crippen LogP contribution in [0.2, 0.25) is 0 Å². The van der Waals surface area contributed by atoms with E-state index < -0.39 is 9.84 Å². The van der Waals surface area contributed by atoms with E-state index in [1.807, 2.05) is 0 Å². The van der Waals surface area contributed by atoms with Crippen LogP contribution in [0.5, 0.6) is 0 Å². The van der Waals surface area contributed by atoms with Gasteiger partial charge in [0.15, 0.2) is 0 Å². The predicted octanol–water partition coefficient (Wildman–Crippen LogP) is -0.828. The molecule has 0 aromatic heterocycles. The highest BCUT2D eigenvalue weighted by Gasteiger charge is 2.35. The fourth-order valence-corrected chi connectivity index (χ4v) is 3.46. The minimum absolute atomic E-state index is 0.181. The van der Waals surface area contributed by atoms with E-state index in [1.165, 1.54) is 6.26 Å². The number of fused-ring (bicyclic) bond motifs is 3. The van der Waals surface area contributed by atoms with E-state index in [2.05, 4.69) is 9.80 Å². The fourth-order valence-electron chi connectivity index (χ4n) is 2.77. The van der Waals surface area contributed by atoms with Gasteiger partial charge in [-0.3, -0.25) is 9.80 Å². The highest BCUT2D eigenvalue weighted by atomic mass is 32.2. The summed E-state index contributed by atoms with van der Waals surface area (Å²) in [6, 6.07) is 0.206. The molecule has 17 heavy (non-hydrogen) atoms. The molecule has 0 amide bonds. The summed E-state index contributed by atoms with van der Waals surface area (Å²) in [5, 5.41) is 10.1. The molecule has 1 N–H and O–H groups in total. The number of piperazine rings is 3. The van der Waals surface area contributed by atoms with E-state index in [0.29, 0.717) is 12.8 Å². The van der Waals surface area contributed by atoms with Crippen LogP contribution in [0.3, 0.4) is 0 Å². The maximum Gasteiger partial charge on any atom is 0.147 e. The third-order valence-electron chi connectivity index (χ3n) is 3.78. The molecule has 2 atom stereocenters. The molecule has 2 unspecified atom stereocenters. The molecule has 2 bridgehead atoms. The number of sulfone groups is 1. The summed E-state index contributed by atoms with van der Waals surface area (Å²) in [5.41, 5.74) is 0. The molecule has 100 valence electrons. The van der Waals surface area contributed by atoms with Crippen molar-refractivity contribution in [3.63, 3.8) is 0 Å². The zero-order valence-electron chi connectivity index (χ0n) is 10.4. The molecule has 5 nitrogen and oxygen atoms in total. The first-order chi connectivity index (χ1) is 7.96. The molecule has 0 spiro atoms. The van der Waals surface area contributed by atoms with Crippen LogP contribution in [0.4, 0.5) is 0 Å². The third kappa shape index (κ3) is 3.64. The van der Waals surface area contributed by atoms with Gasteiger partial charge in [0, 0.05) is 50.8 Å². The second kappa shape index (κ2) is 5.22. The normalized spacial score (nSPS) is 34.8. The summed E-state index contributed by atoms with van der Waals surface area (Å²) in [4.78, 5) is 4.72. The van der Waals surface area contributed by atoms with Crippen LogP contribution in [0.1, 0.15) is 12.8 Å². The summed E-state index contributed by atoms with van der Waals surface area (Å²) in [6.07, 6.45) is 2.00. The van der Waals surface area contributed by atoms with Gasteiger partial charge in [0.2, 0.25) is 0 Å². The minimum Gasteiger partial charge on any atom is -0.391 e. The highest BCUT2D eigenvalue weighted by Crippen LogP contribution is 2.20. The van der Waals surface area contributed by atoms with Gasteiger partial charge in [0.05, 0.1) is 6.10 Å². The molecule has 3 rings (SSSR count). The Morgan fingerprint density at radius 3 is 2.41 bits per heavy atom. The van der Waals surface area contributed by atoms with Crippen LogP contribution in [0.25, 0.3) is 0 Å². The molecule has 0 radical (unpaired) electrons. The lowest BCUT2D eigenvalue weighted by molar-refractivity contribution is -0.0480. The molecule has 3 heterocycles. The second-order valence-corrected chi connectivity index (χ2v) is 7.50. The van der Waals surface area contributed by atoms with Crippen LogP contribution in [-0.4, -0.2) is 80.2 Å². The van der Waals surface area contributed by atoms with E-state index in [-0.39, 0.29) is 17.9 Å². The Bertz CT molecular complexity index is 350. The molecule has 0 saturated carbocycles. The van der Waals surface area contributed by atoms with Crippen LogP contribution in [-0.2, 0) is 9.84 Å². The van der Waals surface area contributed by atoms with E-state index in [0.717, 1.165) is 32.7 Å². The smallest absolute Gasteiger partial charge is 0.147 e. The van der Waals surface area contributed by atoms with Crippen LogP contribution in [0, 0.1) is 0 Å². The maximum absolute atomic E-state index is 11.0. The topological polar surface area (TPSA) is 60.9 Å². The Morgan fingerprint density at radius 1 is 1.29 bits per heavy atom. The molecule has 6 heteroatoms. The summed E-state index contributed by atoms with van der Waals surface area (Å²) in [6.45, 7) is 5.21. The van der Waals surface area contributed by atoms with Crippen molar-refractivity contribution < 1.29 is 13.5 Å². The second-order valence-electron chi connectivity index (χ2n) is 5.24. The largest absolute Gasteiger partial charge is 0.391 e. The first kappa shape index (κ1) is 13.3. The molecule has 0 aliphatic carbocycles. The van der Waals surface area contributed by atoms with E-state index in [1.54, 1.807) is 0 Å². The standard InChI is InChI=1S/C11H22N2O3S/c1-17(15,16)8-2-3-11(14)10-9-12-4-6-13(10)7-5-12/h10-11,14H,2-9H2,1H3. The van der Waals surface area contributed by atoms with Crippen molar-refractivity contribution in [1.82, 2.24) is 9.80 Å². The van der Waals surface area contributed by atoms with Gasteiger partial charge < -0.3 is 5.11 Å². The van der Waals surface area contributed by atoms with Crippen LogP contribution in [0.15, 0.2) is 0 Å². The average Bonchev–Trinajstić information content (AvgIpc) is 2.28. The van der Waals surface area contributed by atoms with Gasteiger partial charge in [-0.15, -0.1) is 0 Å². The molecule has 3 fully saturated rings.